The van der Waals surface area contributed by atoms with Crippen molar-refractivity contribution in [3.05, 3.63) is 22.7 Å². The normalized spacial score (nSPS) is 14.0. The minimum Gasteiger partial charge on any atom is -0.772 e. The van der Waals surface area contributed by atoms with Crippen LogP contribution in [0.5, 0.6) is 0 Å². The Labute approximate surface area is 109 Å². The Morgan fingerprint density at radius 2 is 2.29 bits per heavy atom. The maximum atomic E-state index is 10.8. The highest BCUT2D eigenvalue weighted by Gasteiger charge is 2.18. The van der Waals surface area contributed by atoms with Gasteiger partial charge in [0.05, 0.1) is 11.4 Å². The Bertz CT molecular complexity index is 455. The number of anilines is 2. The summed E-state index contributed by atoms with van der Waals surface area (Å²) in [5.41, 5.74) is 6.35. The highest BCUT2D eigenvalue weighted by Crippen LogP contribution is 2.24. The Hall–Kier alpha value is -1.12. The van der Waals surface area contributed by atoms with E-state index in [0.29, 0.717) is 15.8 Å². The summed E-state index contributed by atoms with van der Waals surface area (Å²) in [7, 11) is 0. The van der Waals surface area contributed by atoms with E-state index in [2.05, 4.69) is 21.2 Å². The predicted molar refractivity (Wildman–Crippen MR) is 67.4 cm³/mol. The second-order valence-corrected chi connectivity index (χ2v) is 5.09. The van der Waals surface area contributed by atoms with Crippen molar-refractivity contribution < 1.29 is 18.7 Å². The van der Waals surface area contributed by atoms with Crippen LogP contribution in [0.1, 0.15) is 0 Å². The third kappa shape index (κ3) is 4.33. The van der Waals surface area contributed by atoms with Gasteiger partial charge in [0, 0.05) is 10.2 Å². The molecule has 17 heavy (non-hydrogen) atoms. The molecule has 2 atom stereocenters. The first-order chi connectivity index (χ1) is 7.90. The molecule has 6 nitrogen and oxygen atoms in total. The van der Waals surface area contributed by atoms with Crippen LogP contribution in [0.15, 0.2) is 22.7 Å². The van der Waals surface area contributed by atoms with Crippen molar-refractivity contribution in [1.29, 1.82) is 0 Å². The van der Waals surface area contributed by atoms with E-state index in [1.807, 2.05) is 0 Å². The number of aliphatic carboxylic acids is 1. The van der Waals surface area contributed by atoms with E-state index in [1.54, 1.807) is 18.2 Å². The zero-order valence-electron chi connectivity index (χ0n) is 8.55. The molecule has 0 saturated carbocycles. The average Bonchev–Trinajstić information content (AvgIpc) is 2.21. The van der Waals surface area contributed by atoms with Crippen LogP contribution >= 0.6 is 15.9 Å². The summed E-state index contributed by atoms with van der Waals surface area (Å²) in [5, 5.41) is 11.4. The molecule has 1 aromatic carbocycles. The molecule has 0 bridgehead atoms. The van der Waals surface area contributed by atoms with E-state index in [-0.39, 0.29) is 0 Å². The van der Waals surface area contributed by atoms with Crippen molar-refractivity contribution in [3.8, 4) is 0 Å². The molecular weight excluding hydrogens is 312 g/mol. The van der Waals surface area contributed by atoms with Crippen LogP contribution in [0.4, 0.5) is 11.4 Å². The van der Waals surface area contributed by atoms with Gasteiger partial charge in [0.15, 0.2) is 0 Å². The smallest absolute Gasteiger partial charge is 0.327 e. The van der Waals surface area contributed by atoms with Gasteiger partial charge < -0.3 is 20.7 Å². The molecule has 1 unspecified atom stereocenters. The zero-order valence-corrected chi connectivity index (χ0v) is 11.0. The fourth-order valence-electron chi connectivity index (χ4n) is 1.15. The number of carboxylic acids is 1. The minimum absolute atomic E-state index is 0.344. The van der Waals surface area contributed by atoms with Crippen LogP contribution in [0.3, 0.4) is 0 Å². The summed E-state index contributed by atoms with van der Waals surface area (Å²) in [6.07, 6.45) is 0. The van der Waals surface area contributed by atoms with Crippen LogP contribution in [-0.2, 0) is 15.9 Å². The Kier molecular flexibility index (Phi) is 4.91. The Morgan fingerprint density at radius 1 is 1.65 bits per heavy atom. The van der Waals surface area contributed by atoms with Crippen molar-refractivity contribution in [2.75, 3.05) is 16.8 Å². The summed E-state index contributed by atoms with van der Waals surface area (Å²) >= 11 is 0.762. The van der Waals surface area contributed by atoms with Gasteiger partial charge >= 0.3 is 5.97 Å². The topological polar surface area (TPSA) is 115 Å². The second-order valence-electron chi connectivity index (χ2n) is 3.24. The molecule has 0 amide bonds. The van der Waals surface area contributed by atoms with E-state index < -0.39 is 28.8 Å². The maximum Gasteiger partial charge on any atom is 0.327 e. The van der Waals surface area contributed by atoms with Gasteiger partial charge in [0.2, 0.25) is 0 Å². The average molecular weight is 322 g/mol. The SMILES string of the molecule is Nc1ccc(Br)cc1N[C@@H](CS(=O)[O-])C(=O)O. The highest BCUT2D eigenvalue weighted by atomic mass is 79.9. The molecule has 0 aliphatic heterocycles. The summed E-state index contributed by atoms with van der Waals surface area (Å²) in [6.45, 7) is 0. The van der Waals surface area contributed by atoms with E-state index in [1.165, 1.54) is 0 Å². The number of carboxylic acid groups (broad SMARTS) is 1. The molecule has 1 aromatic rings. The highest BCUT2D eigenvalue weighted by molar-refractivity contribution is 9.10. The molecule has 0 aliphatic carbocycles. The maximum absolute atomic E-state index is 10.8. The molecule has 0 saturated heterocycles. The molecule has 0 aliphatic rings. The number of hydrogen-bond donors (Lipinski definition) is 3. The Morgan fingerprint density at radius 3 is 2.82 bits per heavy atom. The molecule has 0 heterocycles. The third-order valence-corrected chi connectivity index (χ3v) is 3.04. The van der Waals surface area contributed by atoms with Gasteiger partial charge in [-0.3, -0.25) is 4.21 Å². The molecular formula is C9H10BrN2O4S-. The first-order valence-electron chi connectivity index (χ1n) is 4.50. The summed E-state index contributed by atoms with van der Waals surface area (Å²) in [4.78, 5) is 10.8. The van der Waals surface area contributed by atoms with E-state index in [9.17, 15) is 13.6 Å². The van der Waals surface area contributed by atoms with E-state index in [4.69, 9.17) is 10.8 Å². The Balaban J connectivity index is 2.89. The van der Waals surface area contributed by atoms with E-state index >= 15 is 0 Å². The first kappa shape index (κ1) is 13.9. The molecule has 8 heteroatoms. The lowest BCUT2D eigenvalue weighted by Gasteiger charge is -2.18. The van der Waals surface area contributed by atoms with Crippen molar-refractivity contribution in [2.45, 2.75) is 6.04 Å². The minimum atomic E-state index is -2.45. The van der Waals surface area contributed by atoms with E-state index in [0.717, 1.165) is 0 Å². The number of benzene rings is 1. The molecule has 4 N–H and O–H groups in total. The number of halogens is 1. The van der Waals surface area contributed by atoms with Gasteiger partial charge in [-0.25, -0.2) is 4.79 Å². The number of rotatable bonds is 5. The van der Waals surface area contributed by atoms with Gasteiger partial charge in [-0.15, -0.1) is 0 Å². The zero-order chi connectivity index (χ0) is 13.0. The number of nitrogen functional groups attached to an aromatic ring is 1. The first-order valence-corrected chi connectivity index (χ1v) is 6.54. The second kappa shape index (κ2) is 5.99. The summed E-state index contributed by atoms with van der Waals surface area (Å²) in [5.74, 6) is -1.78. The molecule has 0 spiro atoms. The van der Waals surface area contributed by atoms with Gasteiger partial charge in [-0.1, -0.05) is 27.0 Å². The monoisotopic (exact) mass is 321 g/mol. The summed E-state index contributed by atoms with van der Waals surface area (Å²) in [6, 6.07) is 3.63. The summed E-state index contributed by atoms with van der Waals surface area (Å²) < 4.78 is 21.7. The van der Waals surface area contributed by atoms with Crippen molar-refractivity contribution in [1.82, 2.24) is 0 Å². The number of carbonyl (C=O) groups is 1. The molecule has 94 valence electrons. The lowest BCUT2D eigenvalue weighted by molar-refractivity contribution is -0.137. The van der Waals surface area contributed by atoms with Crippen LogP contribution in [0.25, 0.3) is 0 Å². The lowest BCUT2D eigenvalue weighted by atomic mass is 10.2. The molecule has 1 rings (SSSR count). The predicted octanol–water partition coefficient (Wildman–Crippen LogP) is 0.776. The van der Waals surface area contributed by atoms with Gasteiger partial charge in [0.1, 0.15) is 6.04 Å². The van der Waals surface area contributed by atoms with Gasteiger partial charge in [0.25, 0.3) is 0 Å². The van der Waals surface area contributed by atoms with Crippen molar-refractivity contribution >= 4 is 44.4 Å². The number of nitrogens with two attached hydrogens (primary N) is 1. The quantitative estimate of drug-likeness (QED) is 0.545. The third-order valence-electron chi connectivity index (χ3n) is 1.95. The van der Waals surface area contributed by atoms with Crippen LogP contribution in [0, 0.1) is 0 Å². The fourth-order valence-corrected chi connectivity index (χ4v) is 2.01. The standard InChI is InChI=1S/C9H11BrN2O4S/c10-5-1-2-6(11)7(3-5)12-8(9(13)14)4-17(15)16/h1-3,8,12H,4,11H2,(H,13,14)(H,15,16)/p-1/t8-/m0/s1. The van der Waals surface area contributed by atoms with Gasteiger partial charge in [-0.05, 0) is 18.2 Å². The molecule has 0 fully saturated rings. The molecule has 0 aromatic heterocycles. The van der Waals surface area contributed by atoms with Crippen LogP contribution in [-0.4, -0.2) is 31.6 Å². The number of nitrogens with one attached hydrogen (secondary N) is 1. The van der Waals surface area contributed by atoms with Gasteiger partial charge in [-0.2, -0.15) is 0 Å². The number of hydrogen-bond acceptors (Lipinski definition) is 5. The largest absolute Gasteiger partial charge is 0.772 e. The molecule has 0 radical (unpaired) electrons. The fraction of sp³-hybridized carbons (Fsp3) is 0.222. The van der Waals surface area contributed by atoms with Crippen molar-refractivity contribution in [2.24, 2.45) is 0 Å². The van der Waals surface area contributed by atoms with Crippen LogP contribution < -0.4 is 11.1 Å². The van der Waals surface area contributed by atoms with Crippen LogP contribution in [0.2, 0.25) is 0 Å². The lowest BCUT2D eigenvalue weighted by Crippen LogP contribution is -2.34. The van der Waals surface area contributed by atoms with Crippen molar-refractivity contribution in [3.63, 3.8) is 0 Å².